The average molecular weight is 272 g/mol. The Kier molecular flexibility index (Phi) is 2.91. The van der Waals surface area contributed by atoms with Crippen LogP contribution in [0, 0.1) is 13.8 Å². The third-order valence-corrected chi connectivity index (χ3v) is 3.33. The number of halogens is 1. The number of hydrogen-bond acceptors (Lipinski definition) is 2. The summed E-state index contributed by atoms with van der Waals surface area (Å²) < 4.78 is 0. The molecule has 3 aromatic rings. The highest BCUT2D eigenvalue weighted by atomic mass is 35.5. The standard InChI is InChI=1S/C15H14ClN3/c1-9-3-6-12-14(7-9)19-15(17-12)18-13-8-11(16)5-4-10(13)2/h3-8H,1-2H3,(H2,17,18,19). The van der Waals surface area contributed by atoms with Crippen LogP contribution in [-0.4, -0.2) is 9.97 Å². The molecular formula is C15H14ClN3. The maximum atomic E-state index is 6.01. The summed E-state index contributed by atoms with van der Waals surface area (Å²) in [7, 11) is 0. The molecule has 0 unspecified atom stereocenters. The number of aryl methyl sites for hydroxylation is 2. The fourth-order valence-electron chi connectivity index (χ4n) is 2.04. The quantitative estimate of drug-likeness (QED) is 0.716. The number of H-pyrrole nitrogens is 1. The minimum Gasteiger partial charge on any atom is -0.325 e. The number of anilines is 2. The fourth-order valence-corrected chi connectivity index (χ4v) is 2.21. The SMILES string of the molecule is Cc1ccc2nc(Nc3cc(Cl)ccc3C)[nH]c2c1. The summed E-state index contributed by atoms with van der Waals surface area (Å²) in [4.78, 5) is 7.78. The van der Waals surface area contributed by atoms with Crippen molar-refractivity contribution in [3.05, 3.63) is 52.5 Å². The molecule has 3 nitrogen and oxygen atoms in total. The molecule has 0 aliphatic heterocycles. The van der Waals surface area contributed by atoms with E-state index >= 15 is 0 Å². The summed E-state index contributed by atoms with van der Waals surface area (Å²) >= 11 is 6.01. The molecule has 2 N–H and O–H groups in total. The van der Waals surface area contributed by atoms with Crippen LogP contribution in [-0.2, 0) is 0 Å². The third-order valence-electron chi connectivity index (χ3n) is 3.09. The van der Waals surface area contributed by atoms with Gasteiger partial charge in [-0.05, 0) is 49.2 Å². The van der Waals surface area contributed by atoms with Crippen molar-refractivity contribution in [2.24, 2.45) is 0 Å². The van der Waals surface area contributed by atoms with E-state index in [-0.39, 0.29) is 0 Å². The van der Waals surface area contributed by atoms with Crippen LogP contribution >= 0.6 is 11.6 Å². The smallest absolute Gasteiger partial charge is 0.205 e. The van der Waals surface area contributed by atoms with Gasteiger partial charge in [0, 0.05) is 10.7 Å². The molecule has 0 fully saturated rings. The maximum absolute atomic E-state index is 6.01. The van der Waals surface area contributed by atoms with E-state index in [1.165, 1.54) is 5.56 Å². The topological polar surface area (TPSA) is 40.7 Å². The Labute approximate surface area is 116 Å². The summed E-state index contributed by atoms with van der Waals surface area (Å²) in [6.45, 7) is 4.10. The highest BCUT2D eigenvalue weighted by Crippen LogP contribution is 2.24. The first kappa shape index (κ1) is 12.1. The van der Waals surface area contributed by atoms with Crippen molar-refractivity contribution in [1.29, 1.82) is 0 Å². The van der Waals surface area contributed by atoms with Gasteiger partial charge >= 0.3 is 0 Å². The van der Waals surface area contributed by atoms with E-state index in [2.05, 4.69) is 34.3 Å². The molecule has 1 heterocycles. The number of aromatic nitrogens is 2. The van der Waals surface area contributed by atoms with E-state index < -0.39 is 0 Å². The molecule has 0 radical (unpaired) electrons. The number of nitrogens with zero attached hydrogens (tertiary/aromatic N) is 1. The number of aromatic amines is 1. The first-order valence-corrected chi connectivity index (χ1v) is 6.49. The second-order valence-corrected chi connectivity index (χ2v) is 5.13. The Morgan fingerprint density at radius 1 is 1.11 bits per heavy atom. The molecule has 96 valence electrons. The molecule has 0 aliphatic rings. The number of fused-ring (bicyclic) bond motifs is 1. The highest BCUT2D eigenvalue weighted by Gasteiger charge is 2.05. The lowest BCUT2D eigenvalue weighted by molar-refractivity contribution is 1.29. The van der Waals surface area contributed by atoms with Crippen molar-refractivity contribution in [3.63, 3.8) is 0 Å². The van der Waals surface area contributed by atoms with Crippen LogP contribution < -0.4 is 5.32 Å². The number of hydrogen-bond donors (Lipinski definition) is 2. The molecule has 0 saturated heterocycles. The van der Waals surface area contributed by atoms with Crippen molar-refractivity contribution in [1.82, 2.24) is 9.97 Å². The van der Waals surface area contributed by atoms with Crippen molar-refractivity contribution in [2.75, 3.05) is 5.32 Å². The minimum absolute atomic E-state index is 0.708. The van der Waals surface area contributed by atoms with Crippen molar-refractivity contribution >= 4 is 34.3 Å². The van der Waals surface area contributed by atoms with Crippen LogP contribution in [0.3, 0.4) is 0 Å². The lowest BCUT2D eigenvalue weighted by atomic mass is 10.2. The summed E-state index contributed by atoms with van der Waals surface area (Å²) in [5, 5.41) is 3.98. The number of benzene rings is 2. The number of imidazole rings is 1. The molecule has 2 aromatic carbocycles. The Morgan fingerprint density at radius 3 is 2.79 bits per heavy atom. The van der Waals surface area contributed by atoms with Crippen molar-refractivity contribution in [2.45, 2.75) is 13.8 Å². The van der Waals surface area contributed by atoms with Crippen LogP contribution in [0.15, 0.2) is 36.4 Å². The molecular weight excluding hydrogens is 258 g/mol. The molecule has 1 aromatic heterocycles. The predicted molar refractivity (Wildman–Crippen MR) is 80.3 cm³/mol. The maximum Gasteiger partial charge on any atom is 0.205 e. The normalized spacial score (nSPS) is 10.9. The van der Waals surface area contributed by atoms with E-state index in [9.17, 15) is 0 Å². The molecule has 3 rings (SSSR count). The Bertz CT molecular complexity index is 746. The zero-order valence-electron chi connectivity index (χ0n) is 10.8. The van der Waals surface area contributed by atoms with E-state index in [1.54, 1.807) is 0 Å². The van der Waals surface area contributed by atoms with Gasteiger partial charge in [-0.25, -0.2) is 4.98 Å². The Balaban J connectivity index is 1.98. The van der Waals surface area contributed by atoms with Crippen LogP contribution in [0.5, 0.6) is 0 Å². The third kappa shape index (κ3) is 2.42. The monoisotopic (exact) mass is 271 g/mol. The van der Waals surface area contributed by atoms with Gasteiger partial charge < -0.3 is 10.3 Å². The van der Waals surface area contributed by atoms with Gasteiger partial charge in [-0.1, -0.05) is 23.7 Å². The van der Waals surface area contributed by atoms with E-state index in [1.807, 2.05) is 31.2 Å². The average Bonchev–Trinajstić information content (AvgIpc) is 2.75. The molecule has 0 bridgehead atoms. The zero-order chi connectivity index (χ0) is 13.4. The molecule has 0 saturated carbocycles. The summed E-state index contributed by atoms with van der Waals surface area (Å²) in [6.07, 6.45) is 0. The van der Waals surface area contributed by atoms with Crippen LogP contribution in [0.1, 0.15) is 11.1 Å². The number of nitrogens with one attached hydrogen (secondary N) is 2. The first-order valence-electron chi connectivity index (χ1n) is 6.11. The molecule has 0 aliphatic carbocycles. The Hall–Kier alpha value is -2.00. The highest BCUT2D eigenvalue weighted by molar-refractivity contribution is 6.30. The molecule has 0 atom stereocenters. The minimum atomic E-state index is 0.708. The molecule has 0 spiro atoms. The largest absolute Gasteiger partial charge is 0.325 e. The van der Waals surface area contributed by atoms with Crippen LogP contribution in [0.4, 0.5) is 11.6 Å². The van der Waals surface area contributed by atoms with Gasteiger partial charge in [0.25, 0.3) is 0 Å². The molecule has 0 amide bonds. The van der Waals surface area contributed by atoms with Gasteiger partial charge in [-0.2, -0.15) is 0 Å². The van der Waals surface area contributed by atoms with Gasteiger partial charge in [-0.15, -0.1) is 0 Å². The lowest BCUT2D eigenvalue weighted by Gasteiger charge is -2.06. The van der Waals surface area contributed by atoms with Gasteiger partial charge in [0.15, 0.2) is 0 Å². The zero-order valence-corrected chi connectivity index (χ0v) is 11.5. The van der Waals surface area contributed by atoms with E-state index in [0.717, 1.165) is 28.2 Å². The summed E-state index contributed by atoms with van der Waals surface area (Å²) in [6, 6.07) is 11.9. The van der Waals surface area contributed by atoms with Crippen molar-refractivity contribution < 1.29 is 0 Å². The summed E-state index contributed by atoms with van der Waals surface area (Å²) in [5.74, 6) is 0.728. The molecule has 19 heavy (non-hydrogen) atoms. The van der Waals surface area contributed by atoms with Gasteiger partial charge in [-0.3, -0.25) is 0 Å². The number of rotatable bonds is 2. The Morgan fingerprint density at radius 2 is 1.95 bits per heavy atom. The van der Waals surface area contributed by atoms with Crippen molar-refractivity contribution in [3.8, 4) is 0 Å². The van der Waals surface area contributed by atoms with E-state index in [0.29, 0.717) is 5.02 Å². The second-order valence-electron chi connectivity index (χ2n) is 4.69. The van der Waals surface area contributed by atoms with E-state index in [4.69, 9.17) is 11.6 Å². The van der Waals surface area contributed by atoms with Gasteiger partial charge in [0.2, 0.25) is 5.95 Å². The second kappa shape index (κ2) is 4.59. The van der Waals surface area contributed by atoms with Crippen LogP contribution in [0.2, 0.25) is 5.02 Å². The summed E-state index contributed by atoms with van der Waals surface area (Å²) in [5.41, 5.74) is 5.28. The van der Waals surface area contributed by atoms with Crippen LogP contribution in [0.25, 0.3) is 11.0 Å². The van der Waals surface area contributed by atoms with Gasteiger partial charge in [0.1, 0.15) is 0 Å². The van der Waals surface area contributed by atoms with Gasteiger partial charge in [0.05, 0.1) is 11.0 Å². The molecule has 4 heteroatoms. The first-order chi connectivity index (χ1) is 9.11. The lowest BCUT2D eigenvalue weighted by Crippen LogP contribution is -1.94. The predicted octanol–water partition coefficient (Wildman–Crippen LogP) is 4.58. The fraction of sp³-hybridized carbons (Fsp3) is 0.133.